The molecule has 2 aromatic carbocycles. The summed E-state index contributed by atoms with van der Waals surface area (Å²) in [5, 5.41) is 22.1. The van der Waals surface area contributed by atoms with Crippen LogP contribution >= 0.6 is 0 Å². The lowest BCUT2D eigenvalue weighted by molar-refractivity contribution is 0.170. The van der Waals surface area contributed by atoms with E-state index in [4.69, 9.17) is 14.7 Å². The van der Waals surface area contributed by atoms with Crippen LogP contribution in [0.3, 0.4) is 0 Å². The molecule has 0 saturated carbocycles. The highest BCUT2D eigenvalue weighted by molar-refractivity contribution is 5.30. The van der Waals surface area contributed by atoms with E-state index in [2.05, 4.69) is 5.32 Å². The van der Waals surface area contributed by atoms with Crippen molar-refractivity contribution in [2.45, 2.75) is 19.1 Å². The van der Waals surface area contributed by atoms with Crippen LogP contribution in [-0.2, 0) is 0 Å². The molecule has 0 aliphatic rings. The molecule has 0 bridgehead atoms. The summed E-state index contributed by atoms with van der Waals surface area (Å²) in [7, 11) is 1.62. The zero-order valence-corrected chi connectivity index (χ0v) is 13.9. The fourth-order valence-electron chi connectivity index (χ4n) is 2.32. The van der Waals surface area contributed by atoms with Gasteiger partial charge in [0.25, 0.3) is 0 Å². The molecule has 2 atom stereocenters. The smallest absolute Gasteiger partial charge is 0.174 e. The minimum atomic E-state index is -0.586. The molecule has 0 aliphatic heterocycles. The van der Waals surface area contributed by atoms with Gasteiger partial charge in [-0.25, -0.2) is 0 Å². The van der Waals surface area contributed by atoms with E-state index < -0.39 is 6.10 Å². The van der Waals surface area contributed by atoms with Gasteiger partial charge in [0, 0.05) is 12.6 Å². The highest BCUT2D eigenvalue weighted by atomic mass is 16.5. The average Bonchev–Trinajstić information content (AvgIpc) is 2.64. The number of benzene rings is 2. The zero-order valence-electron chi connectivity index (χ0n) is 13.9. The molecule has 0 amide bonds. The van der Waals surface area contributed by atoms with E-state index in [0.717, 1.165) is 16.9 Å². The highest BCUT2D eigenvalue weighted by Gasteiger charge is 2.11. The molecule has 0 fully saturated rings. The number of methoxy groups -OCH3 is 1. The van der Waals surface area contributed by atoms with Crippen LogP contribution in [0.2, 0.25) is 0 Å². The first-order chi connectivity index (χ1) is 11.6. The van der Waals surface area contributed by atoms with Crippen molar-refractivity contribution in [1.82, 2.24) is 5.32 Å². The van der Waals surface area contributed by atoms with E-state index >= 15 is 0 Å². The van der Waals surface area contributed by atoms with Crippen molar-refractivity contribution < 1.29 is 14.6 Å². The Labute approximate surface area is 142 Å². The van der Waals surface area contributed by atoms with E-state index in [1.807, 2.05) is 61.5 Å². The molecular weight excluding hydrogens is 304 g/mol. The van der Waals surface area contributed by atoms with E-state index in [9.17, 15) is 5.11 Å². The third-order valence-electron chi connectivity index (χ3n) is 3.80. The molecule has 0 spiro atoms. The quantitative estimate of drug-likeness (QED) is 0.780. The van der Waals surface area contributed by atoms with Crippen LogP contribution in [0.4, 0.5) is 0 Å². The van der Waals surface area contributed by atoms with Crippen molar-refractivity contribution in [1.29, 1.82) is 5.26 Å². The molecule has 126 valence electrons. The van der Waals surface area contributed by atoms with Gasteiger partial charge in [0.15, 0.2) is 6.61 Å². The lowest BCUT2D eigenvalue weighted by Gasteiger charge is -2.18. The Morgan fingerprint density at radius 3 is 2.21 bits per heavy atom. The normalized spacial score (nSPS) is 12.9. The van der Waals surface area contributed by atoms with Crippen molar-refractivity contribution in [3.63, 3.8) is 0 Å². The Morgan fingerprint density at radius 2 is 1.62 bits per heavy atom. The third kappa shape index (κ3) is 4.98. The van der Waals surface area contributed by atoms with Crippen LogP contribution in [-0.4, -0.2) is 25.4 Å². The van der Waals surface area contributed by atoms with Crippen LogP contribution in [0.15, 0.2) is 48.5 Å². The van der Waals surface area contributed by atoms with Crippen molar-refractivity contribution >= 4 is 0 Å². The Bertz CT molecular complexity index is 663. The van der Waals surface area contributed by atoms with Crippen molar-refractivity contribution in [2.75, 3.05) is 20.3 Å². The number of nitriles is 1. The second-order valence-corrected chi connectivity index (χ2v) is 5.43. The van der Waals surface area contributed by atoms with Gasteiger partial charge in [-0.3, -0.25) is 0 Å². The van der Waals surface area contributed by atoms with Crippen molar-refractivity contribution in [3.05, 3.63) is 59.7 Å². The first-order valence-corrected chi connectivity index (χ1v) is 7.79. The van der Waals surface area contributed by atoms with Gasteiger partial charge in [0.1, 0.15) is 17.6 Å². The summed E-state index contributed by atoms with van der Waals surface area (Å²) in [6.07, 6.45) is -0.586. The van der Waals surface area contributed by atoms with Gasteiger partial charge in [-0.2, -0.15) is 5.26 Å². The van der Waals surface area contributed by atoms with Crippen molar-refractivity contribution in [2.24, 2.45) is 0 Å². The molecule has 2 aromatic rings. The predicted octanol–water partition coefficient (Wildman–Crippen LogP) is 2.98. The SMILES string of the molecule is COc1ccc(C(O)CNC(C)c2ccc(OCC#N)cc2)cc1. The number of hydrogen-bond donors (Lipinski definition) is 2. The predicted molar refractivity (Wildman–Crippen MR) is 91.9 cm³/mol. The summed E-state index contributed by atoms with van der Waals surface area (Å²) < 4.78 is 10.3. The summed E-state index contributed by atoms with van der Waals surface area (Å²) >= 11 is 0. The fourth-order valence-corrected chi connectivity index (χ4v) is 2.32. The van der Waals surface area contributed by atoms with Gasteiger partial charge < -0.3 is 19.9 Å². The Morgan fingerprint density at radius 1 is 1.04 bits per heavy atom. The fraction of sp³-hybridized carbons (Fsp3) is 0.316. The van der Waals surface area contributed by atoms with Crippen LogP contribution in [0.1, 0.15) is 30.2 Å². The molecule has 5 heteroatoms. The van der Waals surface area contributed by atoms with Crippen LogP contribution in [0, 0.1) is 11.3 Å². The van der Waals surface area contributed by atoms with Gasteiger partial charge in [-0.15, -0.1) is 0 Å². The maximum atomic E-state index is 10.3. The van der Waals surface area contributed by atoms with Crippen LogP contribution < -0.4 is 14.8 Å². The number of rotatable bonds is 8. The van der Waals surface area contributed by atoms with Gasteiger partial charge in [-0.05, 0) is 42.3 Å². The summed E-state index contributed by atoms with van der Waals surface area (Å²) in [5.41, 5.74) is 1.93. The van der Waals surface area contributed by atoms with Crippen LogP contribution in [0.25, 0.3) is 0 Å². The number of nitrogens with one attached hydrogen (secondary N) is 1. The Kier molecular flexibility index (Phi) is 6.62. The molecule has 5 nitrogen and oxygen atoms in total. The highest BCUT2D eigenvalue weighted by Crippen LogP contribution is 2.20. The Hall–Kier alpha value is -2.55. The van der Waals surface area contributed by atoms with E-state index in [-0.39, 0.29) is 12.6 Å². The summed E-state index contributed by atoms with van der Waals surface area (Å²) in [6.45, 7) is 2.52. The molecule has 0 heterocycles. The Balaban J connectivity index is 1.87. The average molecular weight is 326 g/mol. The summed E-state index contributed by atoms with van der Waals surface area (Å²) in [6, 6.07) is 17.0. The largest absolute Gasteiger partial charge is 0.497 e. The van der Waals surface area contributed by atoms with E-state index in [1.54, 1.807) is 7.11 Å². The topological polar surface area (TPSA) is 74.5 Å². The zero-order chi connectivity index (χ0) is 17.4. The lowest BCUT2D eigenvalue weighted by atomic mass is 10.1. The number of aliphatic hydroxyl groups excluding tert-OH is 1. The molecule has 2 unspecified atom stereocenters. The molecular formula is C19H22N2O3. The monoisotopic (exact) mass is 326 g/mol. The number of ether oxygens (including phenoxy) is 2. The second kappa shape index (κ2) is 8.92. The molecule has 0 saturated heterocycles. The first-order valence-electron chi connectivity index (χ1n) is 7.79. The van der Waals surface area contributed by atoms with Crippen LogP contribution in [0.5, 0.6) is 11.5 Å². The molecule has 24 heavy (non-hydrogen) atoms. The summed E-state index contributed by atoms with van der Waals surface area (Å²) in [5.74, 6) is 1.44. The van der Waals surface area contributed by atoms with Gasteiger partial charge in [0.2, 0.25) is 0 Å². The lowest BCUT2D eigenvalue weighted by Crippen LogP contribution is -2.24. The van der Waals surface area contributed by atoms with Gasteiger partial charge in [0.05, 0.1) is 13.2 Å². The standard InChI is InChI=1S/C19H22N2O3/c1-14(15-3-9-18(10-4-15)24-12-11-20)21-13-19(22)16-5-7-17(23-2)8-6-16/h3-10,14,19,21-22H,12-13H2,1-2H3. The molecule has 2 N–H and O–H groups in total. The molecule has 0 aliphatic carbocycles. The maximum Gasteiger partial charge on any atom is 0.174 e. The van der Waals surface area contributed by atoms with Crippen molar-refractivity contribution in [3.8, 4) is 17.6 Å². The minimum Gasteiger partial charge on any atom is -0.497 e. The summed E-state index contributed by atoms with van der Waals surface area (Å²) in [4.78, 5) is 0. The maximum absolute atomic E-state index is 10.3. The van der Waals surface area contributed by atoms with Gasteiger partial charge in [-0.1, -0.05) is 24.3 Å². The van der Waals surface area contributed by atoms with E-state index in [1.165, 1.54) is 0 Å². The first kappa shape index (κ1) is 17.8. The minimum absolute atomic E-state index is 0.0429. The number of nitrogens with zero attached hydrogens (tertiary/aromatic N) is 1. The third-order valence-corrected chi connectivity index (χ3v) is 3.80. The second-order valence-electron chi connectivity index (χ2n) is 5.43. The molecule has 2 rings (SSSR count). The van der Waals surface area contributed by atoms with Gasteiger partial charge >= 0.3 is 0 Å². The van der Waals surface area contributed by atoms with E-state index in [0.29, 0.717) is 12.3 Å². The molecule has 0 aromatic heterocycles. The molecule has 0 radical (unpaired) electrons. The number of aliphatic hydroxyl groups is 1. The number of hydrogen-bond acceptors (Lipinski definition) is 5.